The van der Waals surface area contributed by atoms with Crippen molar-refractivity contribution in [3.8, 4) is 5.75 Å². The second-order valence-electron chi connectivity index (χ2n) is 7.50. The number of halogens is 2. The SMILES string of the molecule is CC(=O)c1ccc(NC(=O)O[C@H](c2cc(Br)cc(Br)c2O)C(C)(C)/C=C/C(=O)NO)cc1. The van der Waals surface area contributed by atoms with Gasteiger partial charge in [-0.05, 0) is 59.3 Å². The average molecular weight is 570 g/mol. The molecule has 2 aromatic carbocycles. The van der Waals surface area contributed by atoms with Crippen LogP contribution in [0.2, 0.25) is 0 Å². The monoisotopic (exact) mass is 568 g/mol. The van der Waals surface area contributed by atoms with Crippen LogP contribution in [0.15, 0.2) is 57.5 Å². The van der Waals surface area contributed by atoms with E-state index < -0.39 is 23.5 Å². The molecule has 0 fully saturated rings. The number of hydrogen-bond donors (Lipinski definition) is 4. The summed E-state index contributed by atoms with van der Waals surface area (Å²) in [6.45, 7) is 4.83. The Labute approximate surface area is 201 Å². The number of phenolic OH excluding ortho intramolecular Hbond substituents is 1. The van der Waals surface area contributed by atoms with Gasteiger partial charge >= 0.3 is 6.09 Å². The maximum Gasteiger partial charge on any atom is 0.412 e. The van der Waals surface area contributed by atoms with Gasteiger partial charge in [0.1, 0.15) is 11.9 Å². The minimum Gasteiger partial charge on any atom is -0.506 e. The molecule has 1 atom stereocenters. The summed E-state index contributed by atoms with van der Waals surface area (Å²) in [4.78, 5) is 35.6. The predicted octanol–water partition coefficient (Wildman–Crippen LogP) is 5.50. The Morgan fingerprint density at radius 3 is 2.31 bits per heavy atom. The molecular weight excluding hydrogens is 548 g/mol. The van der Waals surface area contributed by atoms with Gasteiger partial charge in [0.25, 0.3) is 5.91 Å². The van der Waals surface area contributed by atoms with Crippen LogP contribution in [0.5, 0.6) is 5.75 Å². The normalized spacial score (nSPS) is 12.3. The minimum absolute atomic E-state index is 0.102. The first-order valence-corrected chi connectivity index (χ1v) is 10.9. The third kappa shape index (κ3) is 6.65. The van der Waals surface area contributed by atoms with Crippen LogP contribution in [0.25, 0.3) is 0 Å². The Morgan fingerprint density at radius 1 is 1.12 bits per heavy atom. The number of hydrogen-bond acceptors (Lipinski definition) is 6. The minimum atomic E-state index is -1.03. The number of phenols is 1. The number of amides is 2. The number of benzene rings is 2. The number of carbonyl (C=O) groups excluding carboxylic acids is 3. The molecule has 0 aliphatic carbocycles. The number of rotatable bonds is 7. The number of ether oxygens (including phenoxy) is 1. The number of hydroxylamine groups is 1. The van der Waals surface area contributed by atoms with Crippen LogP contribution in [0.1, 0.15) is 42.8 Å². The van der Waals surface area contributed by atoms with Crippen molar-refractivity contribution >= 4 is 55.3 Å². The van der Waals surface area contributed by atoms with Crippen molar-refractivity contribution in [1.29, 1.82) is 0 Å². The first-order chi connectivity index (χ1) is 14.9. The third-order valence-electron chi connectivity index (χ3n) is 4.55. The summed E-state index contributed by atoms with van der Waals surface area (Å²) < 4.78 is 6.68. The van der Waals surface area contributed by atoms with Gasteiger partial charge in [0.15, 0.2) is 5.78 Å². The van der Waals surface area contributed by atoms with Gasteiger partial charge in [-0.2, -0.15) is 0 Å². The van der Waals surface area contributed by atoms with Gasteiger partial charge in [0, 0.05) is 32.8 Å². The maximum absolute atomic E-state index is 12.7. The van der Waals surface area contributed by atoms with E-state index in [1.807, 2.05) is 0 Å². The number of ketones is 1. The van der Waals surface area contributed by atoms with Crippen LogP contribution in [0, 0.1) is 5.41 Å². The molecule has 170 valence electrons. The molecule has 4 N–H and O–H groups in total. The predicted molar refractivity (Wildman–Crippen MR) is 126 cm³/mol. The van der Waals surface area contributed by atoms with E-state index in [0.717, 1.165) is 6.08 Å². The molecule has 0 aliphatic heterocycles. The van der Waals surface area contributed by atoms with Crippen molar-refractivity contribution in [2.75, 3.05) is 5.32 Å². The Bertz CT molecular complexity index is 1050. The summed E-state index contributed by atoms with van der Waals surface area (Å²) in [6, 6.07) is 9.52. The zero-order chi connectivity index (χ0) is 24.1. The zero-order valence-corrected chi connectivity index (χ0v) is 20.7. The van der Waals surface area contributed by atoms with E-state index in [1.165, 1.54) is 18.5 Å². The van der Waals surface area contributed by atoms with Crippen LogP contribution >= 0.6 is 31.9 Å². The van der Waals surface area contributed by atoms with Gasteiger partial charge in [0.2, 0.25) is 0 Å². The highest BCUT2D eigenvalue weighted by Gasteiger charge is 2.35. The van der Waals surface area contributed by atoms with E-state index in [-0.39, 0.29) is 17.1 Å². The molecule has 0 aliphatic rings. The van der Waals surface area contributed by atoms with Crippen molar-refractivity contribution < 1.29 is 29.4 Å². The summed E-state index contributed by atoms with van der Waals surface area (Å²) in [5, 5.41) is 21.9. The lowest BCUT2D eigenvalue weighted by atomic mass is 9.81. The Hall–Kier alpha value is -2.69. The molecule has 0 heterocycles. The van der Waals surface area contributed by atoms with Gasteiger partial charge in [0.05, 0.1) is 4.47 Å². The summed E-state index contributed by atoms with van der Waals surface area (Å²) in [5.74, 6) is -0.994. The highest BCUT2D eigenvalue weighted by molar-refractivity contribution is 9.11. The van der Waals surface area contributed by atoms with Gasteiger partial charge in [-0.15, -0.1) is 0 Å². The topological polar surface area (TPSA) is 125 Å². The largest absolute Gasteiger partial charge is 0.506 e. The van der Waals surface area contributed by atoms with Crippen LogP contribution in [-0.4, -0.2) is 28.1 Å². The molecule has 0 unspecified atom stereocenters. The van der Waals surface area contributed by atoms with Gasteiger partial charge in [-0.1, -0.05) is 35.9 Å². The van der Waals surface area contributed by atoms with Crippen LogP contribution in [-0.2, 0) is 9.53 Å². The average Bonchev–Trinajstić information content (AvgIpc) is 2.73. The van der Waals surface area contributed by atoms with Crippen molar-refractivity contribution in [1.82, 2.24) is 5.48 Å². The molecular formula is C22H22Br2N2O6. The highest BCUT2D eigenvalue weighted by atomic mass is 79.9. The quantitative estimate of drug-likeness (QED) is 0.151. The fourth-order valence-corrected chi connectivity index (χ4v) is 4.12. The van der Waals surface area contributed by atoms with E-state index in [1.54, 1.807) is 50.2 Å². The lowest BCUT2D eigenvalue weighted by Crippen LogP contribution is -2.28. The molecule has 0 bridgehead atoms. The van der Waals surface area contributed by atoms with Gasteiger partial charge in [-0.3, -0.25) is 20.1 Å². The van der Waals surface area contributed by atoms with Crippen LogP contribution < -0.4 is 10.8 Å². The van der Waals surface area contributed by atoms with Crippen molar-refractivity contribution in [3.05, 3.63) is 68.6 Å². The van der Waals surface area contributed by atoms with Crippen LogP contribution in [0.3, 0.4) is 0 Å². The number of aromatic hydroxyl groups is 1. The third-order valence-corrected chi connectivity index (χ3v) is 5.62. The summed E-state index contributed by atoms with van der Waals surface area (Å²) in [7, 11) is 0. The summed E-state index contributed by atoms with van der Waals surface area (Å²) >= 11 is 6.62. The molecule has 2 amide bonds. The smallest absolute Gasteiger partial charge is 0.412 e. The number of anilines is 1. The van der Waals surface area contributed by atoms with E-state index >= 15 is 0 Å². The zero-order valence-electron chi connectivity index (χ0n) is 17.5. The first-order valence-electron chi connectivity index (χ1n) is 9.34. The van der Waals surface area contributed by atoms with E-state index in [9.17, 15) is 19.5 Å². The fraction of sp³-hybridized carbons (Fsp3) is 0.227. The lowest BCUT2D eigenvalue weighted by Gasteiger charge is -2.32. The molecule has 10 heteroatoms. The Kier molecular flexibility index (Phi) is 8.59. The molecule has 32 heavy (non-hydrogen) atoms. The molecule has 2 rings (SSSR count). The molecule has 0 spiro atoms. The van der Waals surface area contributed by atoms with Crippen molar-refractivity contribution in [2.45, 2.75) is 26.9 Å². The number of carbonyl (C=O) groups is 3. The Balaban J connectivity index is 2.38. The Morgan fingerprint density at radius 2 is 1.75 bits per heavy atom. The van der Waals surface area contributed by atoms with E-state index in [4.69, 9.17) is 9.94 Å². The molecule has 2 aromatic rings. The number of nitrogens with one attached hydrogen (secondary N) is 2. The first kappa shape index (κ1) is 25.6. The second kappa shape index (κ2) is 10.8. The van der Waals surface area contributed by atoms with Crippen molar-refractivity contribution in [2.24, 2.45) is 5.41 Å². The van der Waals surface area contributed by atoms with E-state index in [2.05, 4.69) is 37.2 Å². The molecule has 8 nitrogen and oxygen atoms in total. The molecule has 0 saturated heterocycles. The second-order valence-corrected chi connectivity index (χ2v) is 9.27. The maximum atomic E-state index is 12.7. The van der Waals surface area contributed by atoms with Gasteiger partial charge < -0.3 is 9.84 Å². The summed E-state index contributed by atoms with van der Waals surface area (Å²) in [6.07, 6.45) is 0.704. The van der Waals surface area contributed by atoms with Crippen molar-refractivity contribution in [3.63, 3.8) is 0 Å². The molecule has 0 aromatic heterocycles. The standard InChI is InChI=1S/C22H22Br2N2O6/c1-12(27)13-4-6-15(7-5-13)25-21(30)32-20(22(2,3)9-8-18(28)26-31)16-10-14(23)11-17(24)19(16)29/h4-11,20,29,31H,1-3H3,(H,25,30)(H,26,28)/b9-8+/t20-/m1/s1. The van der Waals surface area contributed by atoms with Crippen LogP contribution in [0.4, 0.5) is 10.5 Å². The fourth-order valence-electron chi connectivity index (χ4n) is 2.86. The number of Topliss-reactive ketones (excluding diaryl/α,β-unsaturated/α-hetero) is 1. The van der Waals surface area contributed by atoms with E-state index in [0.29, 0.717) is 20.2 Å². The molecule has 0 saturated carbocycles. The summed E-state index contributed by atoms with van der Waals surface area (Å²) in [5.41, 5.74) is 1.70. The highest BCUT2D eigenvalue weighted by Crippen LogP contribution is 2.45. The van der Waals surface area contributed by atoms with Gasteiger partial charge in [-0.25, -0.2) is 10.3 Å². The molecule has 0 radical (unpaired) electrons. The lowest BCUT2D eigenvalue weighted by molar-refractivity contribution is -0.124.